The lowest BCUT2D eigenvalue weighted by molar-refractivity contribution is 0.317. The molecule has 0 amide bonds. The van der Waals surface area contributed by atoms with Gasteiger partial charge < -0.3 is 9.47 Å². The quantitative estimate of drug-likeness (QED) is 0.684. The van der Waals surface area contributed by atoms with Crippen LogP contribution in [-0.2, 0) is 11.2 Å². The Morgan fingerprint density at radius 3 is 2.62 bits per heavy atom. The van der Waals surface area contributed by atoms with Gasteiger partial charge in [0.15, 0.2) is 5.90 Å². The fourth-order valence-electron chi connectivity index (χ4n) is 1.23. The predicted molar refractivity (Wildman–Crippen MR) is 71.0 cm³/mol. The number of rotatable bonds is 4. The normalized spacial score (nSPS) is 9.19. The van der Waals surface area contributed by atoms with E-state index in [1.54, 1.807) is 7.11 Å². The first kappa shape index (κ1) is 15.3. The zero-order chi connectivity index (χ0) is 11.3. The van der Waals surface area contributed by atoms with Gasteiger partial charge in [0.25, 0.3) is 0 Å². The van der Waals surface area contributed by atoms with Crippen LogP contribution in [0.25, 0.3) is 0 Å². The van der Waals surface area contributed by atoms with E-state index in [0.717, 1.165) is 15.8 Å². The van der Waals surface area contributed by atoms with E-state index in [-0.39, 0.29) is 18.3 Å². The van der Waals surface area contributed by atoms with Crippen molar-refractivity contribution in [1.29, 1.82) is 5.41 Å². The lowest BCUT2D eigenvalue weighted by Gasteiger charge is -2.07. The molecule has 5 heteroatoms. The highest BCUT2D eigenvalue weighted by Crippen LogP contribution is 2.25. The molecule has 0 aliphatic rings. The second kappa shape index (κ2) is 7.52. The van der Waals surface area contributed by atoms with E-state index in [1.165, 1.54) is 0 Å². The number of nitrogens with one attached hydrogen (secondary N) is 1. The Bertz CT molecular complexity index is 358. The Hall–Kier alpha value is -0.740. The molecular formula is C11H15BrClNO2. The van der Waals surface area contributed by atoms with Crippen LogP contribution in [0.4, 0.5) is 0 Å². The van der Waals surface area contributed by atoms with Gasteiger partial charge in [0.2, 0.25) is 0 Å². The molecule has 90 valence electrons. The van der Waals surface area contributed by atoms with Crippen molar-refractivity contribution in [1.82, 2.24) is 0 Å². The molecule has 1 N–H and O–H groups in total. The molecule has 0 unspecified atom stereocenters. The smallest absolute Gasteiger partial charge is 0.184 e. The second-order valence-corrected chi connectivity index (χ2v) is 3.86. The topological polar surface area (TPSA) is 42.3 Å². The van der Waals surface area contributed by atoms with Gasteiger partial charge in [-0.2, -0.15) is 0 Å². The van der Waals surface area contributed by atoms with Gasteiger partial charge in [0, 0.05) is 6.42 Å². The second-order valence-electron chi connectivity index (χ2n) is 3.00. The third kappa shape index (κ3) is 4.41. The van der Waals surface area contributed by atoms with E-state index in [1.807, 2.05) is 25.1 Å². The van der Waals surface area contributed by atoms with Gasteiger partial charge in [-0.3, -0.25) is 5.41 Å². The number of halogens is 2. The predicted octanol–water partition coefficient (Wildman–Crippen LogP) is 3.44. The highest BCUT2D eigenvalue weighted by Gasteiger charge is 2.04. The molecule has 0 heterocycles. The highest BCUT2D eigenvalue weighted by atomic mass is 79.9. The summed E-state index contributed by atoms with van der Waals surface area (Å²) < 4.78 is 11.1. The summed E-state index contributed by atoms with van der Waals surface area (Å²) in [5, 5.41) is 7.53. The Morgan fingerprint density at radius 1 is 1.44 bits per heavy atom. The van der Waals surface area contributed by atoms with Crippen molar-refractivity contribution in [2.45, 2.75) is 13.3 Å². The van der Waals surface area contributed by atoms with Crippen LogP contribution in [0.5, 0.6) is 5.75 Å². The first-order valence-corrected chi connectivity index (χ1v) is 5.49. The molecule has 1 aromatic carbocycles. The zero-order valence-electron chi connectivity index (χ0n) is 9.25. The Labute approximate surface area is 110 Å². The van der Waals surface area contributed by atoms with Crippen molar-refractivity contribution in [3.05, 3.63) is 28.2 Å². The van der Waals surface area contributed by atoms with Crippen LogP contribution in [-0.4, -0.2) is 19.6 Å². The van der Waals surface area contributed by atoms with E-state index in [2.05, 4.69) is 15.9 Å². The summed E-state index contributed by atoms with van der Waals surface area (Å²) in [5.74, 6) is 1.08. The lowest BCUT2D eigenvalue weighted by Crippen LogP contribution is -2.06. The Balaban J connectivity index is 0.00000225. The molecule has 0 aliphatic heterocycles. The third-order valence-electron chi connectivity index (χ3n) is 1.90. The minimum atomic E-state index is 0. The zero-order valence-corrected chi connectivity index (χ0v) is 11.7. The molecule has 0 fully saturated rings. The summed E-state index contributed by atoms with van der Waals surface area (Å²) in [4.78, 5) is 0. The number of ether oxygens (including phenoxy) is 2. The number of hydrogen-bond acceptors (Lipinski definition) is 3. The van der Waals surface area contributed by atoms with Gasteiger partial charge in [-0.15, -0.1) is 12.4 Å². The number of benzene rings is 1. The molecule has 0 aliphatic carbocycles. The van der Waals surface area contributed by atoms with E-state index >= 15 is 0 Å². The van der Waals surface area contributed by atoms with Gasteiger partial charge in [-0.1, -0.05) is 6.07 Å². The summed E-state index contributed by atoms with van der Waals surface area (Å²) in [6, 6.07) is 5.74. The summed E-state index contributed by atoms with van der Waals surface area (Å²) in [6.45, 7) is 2.41. The van der Waals surface area contributed by atoms with Crippen LogP contribution >= 0.6 is 28.3 Å². The fraction of sp³-hybridized carbons (Fsp3) is 0.364. The summed E-state index contributed by atoms with van der Waals surface area (Å²) in [7, 11) is 1.63. The van der Waals surface area contributed by atoms with Crippen LogP contribution in [0, 0.1) is 5.41 Å². The van der Waals surface area contributed by atoms with E-state index in [4.69, 9.17) is 14.9 Å². The van der Waals surface area contributed by atoms with Gasteiger partial charge in [0.1, 0.15) is 5.75 Å². The third-order valence-corrected chi connectivity index (χ3v) is 2.52. The van der Waals surface area contributed by atoms with Crippen molar-refractivity contribution in [2.75, 3.05) is 13.7 Å². The van der Waals surface area contributed by atoms with Gasteiger partial charge >= 0.3 is 0 Å². The van der Waals surface area contributed by atoms with Crippen molar-refractivity contribution in [3.63, 3.8) is 0 Å². The first-order chi connectivity index (χ1) is 7.17. The minimum absolute atomic E-state index is 0. The molecule has 0 atom stereocenters. The largest absolute Gasteiger partial charge is 0.496 e. The van der Waals surface area contributed by atoms with Gasteiger partial charge in [-0.25, -0.2) is 0 Å². The molecule has 16 heavy (non-hydrogen) atoms. The van der Waals surface area contributed by atoms with Crippen LogP contribution in [0.1, 0.15) is 12.5 Å². The van der Waals surface area contributed by atoms with E-state index in [9.17, 15) is 0 Å². The molecule has 0 saturated heterocycles. The molecule has 0 saturated carbocycles. The standard InChI is InChI=1S/C11H14BrNO2.ClH/c1-3-15-11(13)7-8-4-5-10(14-2)9(12)6-8;/h4-6,13H,3,7H2,1-2H3;1H. The number of hydrogen-bond donors (Lipinski definition) is 1. The average Bonchev–Trinajstić information content (AvgIpc) is 2.18. The minimum Gasteiger partial charge on any atom is -0.496 e. The summed E-state index contributed by atoms with van der Waals surface area (Å²) in [5.41, 5.74) is 1.03. The fourth-order valence-corrected chi connectivity index (χ4v) is 1.82. The van der Waals surface area contributed by atoms with E-state index < -0.39 is 0 Å². The Morgan fingerprint density at radius 2 is 2.12 bits per heavy atom. The maximum atomic E-state index is 7.53. The molecule has 1 rings (SSSR count). The molecule has 1 aromatic rings. The van der Waals surface area contributed by atoms with E-state index in [0.29, 0.717) is 13.0 Å². The maximum Gasteiger partial charge on any atom is 0.184 e. The number of methoxy groups -OCH3 is 1. The van der Waals surface area contributed by atoms with Crippen LogP contribution < -0.4 is 4.74 Å². The molecule has 0 spiro atoms. The lowest BCUT2D eigenvalue weighted by atomic mass is 10.1. The highest BCUT2D eigenvalue weighted by molar-refractivity contribution is 9.10. The molecular weight excluding hydrogens is 293 g/mol. The first-order valence-electron chi connectivity index (χ1n) is 4.70. The van der Waals surface area contributed by atoms with Crippen LogP contribution in [0.2, 0.25) is 0 Å². The average molecular weight is 309 g/mol. The molecule has 0 aromatic heterocycles. The molecule has 0 bridgehead atoms. The monoisotopic (exact) mass is 307 g/mol. The van der Waals surface area contributed by atoms with Crippen molar-refractivity contribution < 1.29 is 9.47 Å². The van der Waals surface area contributed by atoms with Crippen molar-refractivity contribution in [2.24, 2.45) is 0 Å². The van der Waals surface area contributed by atoms with Crippen LogP contribution in [0.15, 0.2) is 22.7 Å². The summed E-state index contributed by atoms with van der Waals surface area (Å²) in [6.07, 6.45) is 0.510. The maximum absolute atomic E-state index is 7.53. The Kier molecular flexibility index (Phi) is 7.17. The SMILES string of the molecule is CCOC(=N)Cc1ccc(OC)c(Br)c1.Cl. The van der Waals surface area contributed by atoms with Crippen molar-refractivity contribution >= 4 is 34.2 Å². The summed E-state index contributed by atoms with van der Waals surface area (Å²) >= 11 is 3.40. The van der Waals surface area contributed by atoms with Gasteiger partial charge in [0.05, 0.1) is 18.2 Å². The van der Waals surface area contributed by atoms with Gasteiger partial charge in [-0.05, 0) is 40.5 Å². The molecule has 3 nitrogen and oxygen atoms in total. The molecule has 0 radical (unpaired) electrons. The van der Waals surface area contributed by atoms with Crippen LogP contribution in [0.3, 0.4) is 0 Å². The van der Waals surface area contributed by atoms with Crippen molar-refractivity contribution in [3.8, 4) is 5.75 Å².